The number of aromatic nitrogens is 3. The molecule has 7 nitrogen and oxygen atoms in total. The van der Waals surface area contributed by atoms with E-state index in [0.29, 0.717) is 0 Å². The Morgan fingerprint density at radius 3 is 2.68 bits per heavy atom. The first-order valence-electron chi connectivity index (χ1n) is 9.22. The number of piperazine rings is 1. The van der Waals surface area contributed by atoms with Crippen molar-refractivity contribution in [3.8, 4) is 10.6 Å². The van der Waals surface area contributed by atoms with E-state index >= 15 is 0 Å². The molecule has 3 aromatic rings. The maximum absolute atomic E-state index is 11.5. The summed E-state index contributed by atoms with van der Waals surface area (Å²) in [5.74, 6) is 1.66. The number of amides is 1. The van der Waals surface area contributed by atoms with Gasteiger partial charge in [-0.1, -0.05) is 17.4 Å². The van der Waals surface area contributed by atoms with Crippen molar-refractivity contribution in [2.45, 2.75) is 13.8 Å². The highest BCUT2D eigenvalue weighted by Gasteiger charge is 2.21. The average molecular weight is 395 g/mol. The number of pyridine rings is 2. The highest BCUT2D eigenvalue weighted by Crippen LogP contribution is 2.31. The second-order valence-corrected chi connectivity index (χ2v) is 7.76. The van der Waals surface area contributed by atoms with Gasteiger partial charge in [-0.05, 0) is 36.8 Å². The van der Waals surface area contributed by atoms with Crippen molar-refractivity contribution in [3.63, 3.8) is 0 Å². The van der Waals surface area contributed by atoms with Gasteiger partial charge < -0.3 is 15.1 Å². The van der Waals surface area contributed by atoms with E-state index in [9.17, 15) is 4.79 Å². The summed E-state index contributed by atoms with van der Waals surface area (Å²) < 4.78 is 0. The molecule has 0 unspecified atom stereocenters. The number of rotatable bonds is 4. The maximum Gasteiger partial charge on any atom is 0.219 e. The van der Waals surface area contributed by atoms with Crippen molar-refractivity contribution in [1.82, 2.24) is 19.9 Å². The normalized spacial score (nSPS) is 14.2. The minimum absolute atomic E-state index is 0.135. The van der Waals surface area contributed by atoms with Crippen LogP contribution in [0.25, 0.3) is 10.6 Å². The van der Waals surface area contributed by atoms with Crippen LogP contribution in [-0.4, -0.2) is 51.9 Å². The molecule has 8 heteroatoms. The molecule has 1 N–H and O–H groups in total. The number of hydrogen-bond acceptors (Lipinski definition) is 7. The van der Waals surface area contributed by atoms with Crippen LogP contribution in [0.5, 0.6) is 0 Å². The Labute approximate surface area is 168 Å². The highest BCUT2D eigenvalue weighted by atomic mass is 32.1. The summed E-state index contributed by atoms with van der Waals surface area (Å²) in [6.07, 6.45) is 3.65. The van der Waals surface area contributed by atoms with E-state index in [0.717, 1.165) is 59.1 Å². The molecule has 0 atom stereocenters. The average Bonchev–Trinajstić information content (AvgIpc) is 3.19. The van der Waals surface area contributed by atoms with Crippen LogP contribution < -0.4 is 10.2 Å². The lowest BCUT2D eigenvalue weighted by molar-refractivity contribution is -0.129. The van der Waals surface area contributed by atoms with Gasteiger partial charge in [0.05, 0.1) is 10.6 Å². The van der Waals surface area contributed by atoms with Crippen LogP contribution in [-0.2, 0) is 4.79 Å². The van der Waals surface area contributed by atoms with E-state index in [1.807, 2.05) is 48.4 Å². The van der Waals surface area contributed by atoms with Crippen molar-refractivity contribution in [2.75, 3.05) is 36.4 Å². The number of thiazole rings is 1. The van der Waals surface area contributed by atoms with Gasteiger partial charge in [-0.15, -0.1) is 0 Å². The topological polar surface area (TPSA) is 74.2 Å². The predicted molar refractivity (Wildman–Crippen MR) is 112 cm³/mol. The fraction of sp³-hybridized carbons (Fsp3) is 0.300. The summed E-state index contributed by atoms with van der Waals surface area (Å²) in [6, 6.07) is 9.84. The zero-order chi connectivity index (χ0) is 19.5. The summed E-state index contributed by atoms with van der Waals surface area (Å²) in [5, 5.41) is 4.23. The highest BCUT2D eigenvalue weighted by molar-refractivity contribution is 7.18. The fourth-order valence-corrected chi connectivity index (χ4v) is 4.06. The van der Waals surface area contributed by atoms with Gasteiger partial charge in [-0.3, -0.25) is 4.79 Å². The zero-order valence-electron chi connectivity index (χ0n) is 15.9. The molecule has 0 bridgehead atoms. The molecule has 1 fully saturated rings. The van der Waals surface area contributed by atoms with E-state index in [2.05, 4.69) is 20.2 Å². The van der Waals surface area contributed by atoms with Gasteiger partial charge >= 0.3 is 0 Å². The minimum Gasteiger partial charge on any atom is -0.345 e. The van der Waals surface area contributed by atoms with Crippen LogP contribution in [0.2, 0.25) is 0 Å². The van der Waals surface area contributed by atoms with Crippen molar-refractivity contribution < 1.29 is 4.79 Å². The van der Waals surface area contributed by atoms with Gasteiger partial charge in [-0.25, -0.2) is 15.0 Å². The molecule has 28 heavy (non-hydrogen) atoms. The lowest BCUT2D eigenvalue weighted by Gasteiger charge is -2.33. The molecule has 1 aliphatic heterocycles. The summed E-state index contributed by atoms with van der Waals surface area (Å²) in [5.41, 5.74) is 2.02. The molecule has 0 radical (unpaired) electrons. The Bertz CT molecular complexity index is 980. The van der Waals surface area contributed by atoms with Gasteiger partial charge in [0.2, 0.25) is 5.91 Å². The number of hydrogen-bond donors (Lipinski definition) is 1. The summed E-state index contributed by atoms with van der Waals surface area (Å²) >= 11 is 1.63. The Morgan fingerprint density at radius 1 is 1.11 bits per heavy atom. The molecule has 144 valence electrons. The number of nitrogens with zero attached hydrogens (tertiary/aromatic N) is 5. The van der Waals surface area contributed by atoms with Gasteiger partial charge in [-0.2, -0.15) is 0 Å². The van der Waals surface area contributed by atoms with Crippen LogP contribution in [0.3, 0.4) is 0 Å². The monoisotopic (exact) mass is 394 g/mol. The molecule has 4 rings (SSSR count). The second-order valence-electron chi connectivity index (χ2n) is 6.75. The first-order chi connectivity index (χ1) is 13.6. The molecule has 0 aliphatic carbocycles. The number of anilines is 3. The Balaban J connectivity index is 1.47. The Morgan fingerprint density at radius 2 is 1.93 bits per heavy atom. The van der Waals surface area contributed by atoms with E-state index in [4.69, 9.17) is 4.98 Å². The third-order valence-electron chi connectivity index (χ3n) is 4.66. The van der Waals surface area contributed by atoms with Crippen molar-refractivity contribution in [1.29, 1.82) is 0 Å². The second kappa shape index (κ2) is 7.93. The zero-order valence-corrected chi connectivity index (χ0v) is 16.7. The SMILES string of the molecule is CC(=O)N1CCN(c2ncc(-c3cccc(Nc4cc(C)ccn4)n3)s2)CC1. The van der Waals surface area contributed by atoms with Crippen LogP contribution in [0.15, 0.2) is 42.7 Å². The van der Waals surface area contributed by atoms with Crippen molar-refractivity contribution in [3.05, 3.63) is 48.3 Å². The Hall–Kier alpha value is -3.00. The predicted octanol–water partition coefficient (Wildman–Crippen LogP) is 3.32. The minimum atomic E-state index is 0.135. The van der Waals surface area contributed by atoms with E-state index in [1.165, 1.54) is 0 Å². The number of carbonyl (C=O) groups is 1. The molecule has 1 amide bonds. The van der Waals surface area contributed by atoms with Gasteiger partial charge in [0, 0.05) is 45.5 Å². The fourth-order valence-electron chi connectivity index (χ4n) is 3.12. The first-order valence-corrected chi connectivity index (χ1v) is 10.0. The van der Waals surface area contributed by atoms with E-state index in [1.54, 1.807) is 24.5 Å². The molecule has 0 aromatic carbocycles. The quantitative estimate of drug-likeness (QED) is 0.732. The molecule has 0 saturated carbocycles. The van der Waals surface area contributed by atoms with E-state index in [-0.39, 0.29) is 5.91 Å². The molecule has 0 spiro atoms. The number of nitrogens with one attached hydrogen (secondary N) is 1. The summed E-state index contributed by atoms with van der Waals surface area (Å²) in [4.78, 5) is 30.2. The standard InChI is InChI=1S/C20H22N6OS/c1-14-6-7-21-19(12-14)24-18-5-3-4-16(23-18)17-13-22-20(28-17)26-10-8-25(9-11-26)15(2)27/h3-7,12-13H,8-11H2,1-2H3,(H,21,23,24). The lowest BCUT2D eigenvalue weighted by Crippen LogP contribution is -2.48. The van der Waals surface area contributed by atoms with Crippen LogP contribution in [0, 0.1) is 6.92 Å². The third-order valence-corrected chi connectivity index (χ3v) is 5.74. The largest absolute Gasteiger partial charge is 0.345 e. The third kappa shape index (κ3) is 4.12. The van der Waals surface area contributed by atoms with Gasteiger partial charge in [0.15, 0.2) is 5.13 Å². The van der Waals surface area contributed by atoms with E-state index < -0.39 is 0 Å². The van der Waals surface area contributed by atoms with Crippen molar-refractivity contribution >= 4 is 34.0 Å². The van der Waals surface area contributed by atoms with Gasteiger partial charge in [0.25, 0.3) is 0 Å². The maximum atomic E-state index is 11.5. The van der Waals surface area contributed by atoms with Crippen LogP contribution >= 0.6 is 11.3 Å². The number of carbonyl (C=O) groups excluding carboxylic acids is 1. The first kappa shape index (κ1) is 18.4. The summed E-state index contributed by atoms with van der Waals surface area (Å²) in [7, 11) is 0. The molecule has 3 aromatic heterocycles. The lowest BCUT2D eigenvalue weighted by atomic mass is 10.3. The molecule has 1 saturated heterocycles. The molecule has 1 aliphatic rings. The van der Waals surface area contributed by atoms with Crippen LogP contribution in [0.4, 0.5) is 16.8 Å². The van der Waals surface area contributed by atoms with Crippen molar-refractivity contribution in [2.24, 2.45) is 0 Å². The molecular weight excluding hydrogens is 372 g/mol. The van der Waals surface area contributed by atoms with Gasteiger partial charge in [0.1, 0.15) is 11.6 Å². The smallest absolute Gasteiger partial charge is 0.219 e. The van der Waals surface area contributed by atoms with Crippen LogP contribution in [0.1, 0.15) is 12.5 Å². The number of aryl methyl sites for hydroxylation is 1. The molecular formula is C20H22N6OS. The molecule has 4 heterocycles. The summed E-state index contributed by atoms with van der Waals surface area (Å²) in [6.45, 7) is 6.75. The Kier molecular flexibility index (Phi) is 5.21.